The van der Waals surface area contributed by atoms with Crippen molar-refractivity contribution in [3.63, 3.8) is 0 Å². The summed E-state index contributed by atoms with van der Waals surface area (Å²) < 4.78 is 4.78. The van der Waals surface area contributed by atoms with E-state index in [0.29, 0.717) is 0 Å². The second kappa shape index (κ2) is 6.26. The number of urea groups is 1. The first kappa shape index (κ1) is 14.3. The molecular weight excluding hydrogens is 260 g/mol. The first-order valence-corrected chi connectivity index (χ1v) is 4.90. The van der Waals surface area contributed by atoms with Gasteiger partial charge in [-0.25, -0.2) is 9.80 Å². The number of nitrogens with zero attached hydrogens (tertiary/aromatic N) is 3. The van der Waals surface area contributed by atoms with E-state index in [0.717, 1.165) is 24.4 Å². The Morgan fingerprint density at radius 3 is 2.68 bits per heavy atom. The Balaban J connectivity index is 0.000000861. The summed E-state index contributed by atoms with van der Waals surface area (Å²) in [6.07, 6.45) is 1.12. The molecule has 10 nitrogen and oxygen atoms in total. The third kappa shape index (κ3) is 3.61. The molecule has 3 amide bonds. The SMILES string of the molecule is CO.O=C1CN(/N=C/c2ccc([N+](=O)[O-])o2)C(=O)N1. The van der Waals surface area contributed by atoms with Crippen LogP contribution in [0.1, 0.15) is 5.76 Å². The smallest absolute Gasteiger partial charge is 0.400 e. The lowest BCUT2D eigenvalue weighted by Gasteiger charge is -2.02. The largest absolute Gasteiger partial charge is 0.433 e. The van der Waals surface area contributed by atoms with Crippen molar-refractivity contribution < 1.29 is 24.0 Å². The second-order valence-electron chi connectivity index (χ2n) is 3.09. The summed E-state index contributed by atoms with van der Waals surface area (Å²) in [5.41, 5.74) is 0. The molecule has 0 bridgehead atoms. The van der Waals surface area contributed by atoms with Crippen LogP contribution in [0.5, 0.6) is 0 Å². The molecule has 0 spiro atoms. The van der Waals surface area contributed by atoms with E-state index < -0.39 is 22.7 Å². The fourth-order valence-corrected chi connectivity index (χ4v) is 1.16. The maximum atomic E-state index is 11.1. The Hall–Kier alpha value is -2.75. The van der Waals surface area contributed by atoms with Gasteiger partial charge in [0.2, 0.25) is 5.91 Å². The highest BCUT2D eigenvalue weighted by atomic mass is 16.6. The second-order valence-corrected chi connectivity index (χ2v) is 3.09. The normalized spacial score (nSPS) is 14.3. The van der Waals surface area contributed by atoms with Crippen LogP contribution < -0.4 is 5.32 Å². The molecule has 0 aliphatic carbocycles. The molecule has 1 aliphatic rings. The number of rotatable bonds is 3. The third-order valence-electron chi connectivity index (χ3n) is 1.89. The van der Waals surface area contributed by atoms with E-state index in [9.17, 15) is 19.7 Å². The van der Waals surface area contributed by atoms with Gasteiger partial charge in [-0.15, -0.1) is 0 Å². The van der Waals surface area contributed by atoms with Gasteiger partial charge in [0.1, 0.15) is 11.5 Å². The zero-order valence-electron chi connectivity index (χ0n) is 9.77. The van der Waals surface area contributed by atoms with Gasteiger partial charge in [0.25, 0.3) is 0 Å². The molecule has 2 N–H and O–H groups in total. The van der Waals surface area contributed by atoms with E-state index in [4.69, 9.17) is 9.52 Å². The molecule has 0 aromatic carbocycles. The van der Waals surface area contributed by atoms with Crippen molar-refractivity contribution in [3.8, 4) is 0 Å². The van der Waals surface area contributed by atoms with Crippen LogP contribution in [0.25, 0.3) is 0 Å². The summed E-state index contributed by atoms with van der Waals surface area (Å²) in [5, 5.41) is 23.9. The molecule has 19 heavy (non-hydrogen) atoms. The van der Waals surface area contributed by atoms with Gasteiger partial charge in [-0.1, -0.05) is 0 Å². The predicted octanol–water partition coefficient (Wildman–Crippen LogP) is -0.318. The molecule has 2 heterocycles. The number of nitro groups is 1. The fourth-order valence-electron chi connectivity index (χ4n) is 1.16. The lowest BCUT2D eigenvalue weighted by Crippen LogP contribution is -2.24. The van der Waals surface area contributed by atoms with Crippen molar-refractivity contribution in [2.75, 3.05) is 13.7 Å². The molecule has 0 unspecified atom stereocenters. The highest BCUT2D eigenvalue weighted by molar-refractivity contribution is 6.02. The average Bonchev–Trinajstić information content (AvgIpc) is 2.96. The van der Waals surface area contributed by atoms with Gasteiger partial charge in [-0.2, -0.15) is 5.10 Å². The number of hydrogen-bond acceptors (Lipinski definition) is 7. The highest BCUT2D eigenvalue weighted by Gasteiger charge is 2.26. The molecule has 0 radical (unpaired) electrons. The van der Waals surface area contributed by atoms with E-state index in [-0.39, 0.29) is 12.3 Å². The van der Waals surface area contributed by atoms with E-state index >= 15 is 0 Å². The van der Waals surface area contributed by atoms with Crippen LogP contribution in [0.15, 0.2) is 21.7 Å². The molecule has 1 aromatic rings. The van der Waals surface area contributed by atoms with Gasteiger partial charge in [-0.05, 0) is 6.07 Å². The maximum Gasteiger partial charge on any atom is 0.433 e. The highest BCUT2D eigenvalue weighted by Crippen LogP contribution is 2.14. The summed E-state index contributed by atoms with van der Waals surface area (Å²) in [4.78, 5) is 31.5. The number of aliphatic hydroxyl groups is 1. The van der Waals surface area contributed by atoms with Crippen molar-refractivity contribution >= 4 is 24.0 Å². The van der Waals surface area contributed by atoms with Gasteiger partial charge < -0.3 is 9.52 Å². The summed E-state index contributed by atoms with van der Waals surface area (Å²) in [5.74, 6) is -0.769. The number of hydrazone groups is 1. The minimum atomic E-state index is -0.691. The van der Waals surface area contributed by atoms with E-state index in [2.05, 4.69) is 5.10 Å². The molecule has 1 aromatic heterocycles. The van der Waals surface area contributed by atoms with E-state index in [1.807, 2.05) is 5.32 Å². The lowest BCUT2D eigenvalue weighted by molar-refractivity contribution is -0.402. The van der Waals surface area contributed by atoms with Crippen LogP contribution in [0.4, 0.5) is 10.7 Å². The summed E-state index contributed by atoms with van der Waals surface area (Å²) >= 11 is 0. The van der Waals surface area contributed by atoms with Gasteiger partial charge in [0, 0.05) is 7.11 Å². The Kier molecular flexibility index (Phi) is 4.71. The van der Waals surface area contributed by atoms with Crippen LogP contribution in [0.2, 0.25) is 0 Å². The summed E-state index contributed by atoms with van der Waals surface area (Å²) in [7, 11) is 1.00. The zero-order valence-corrected chi connectivity index (χ0v) is 9.77. The first-order valence-electron chi connectivity index (χ1n) is 4.90. The predicted molar refractivity (Wildman–Crippen MR) is 61.3 cm³/mol. The number of aliphatic hydroxyl groups excluding tert-OH is 1. The van der Waals surface area contributed by atoms with Crippen molar-refractivity contribution in [2.45, 2.75) is 0 Å². The number of furan rings is 1. The van der Waals surface area contributed by atoms with E-state index in [1.54, 1.807) is 0 Å². The van der Waals surface area contributed by atoms with Gasteiger partial charge in [0.15, 0.2) is 5.76 Å². The minimum Gasteiger partial charge on any atom is -0.400 e. The van der Waals surface area contributed by atoms with E-state index in [1.165, 1.54) is 6.07 Å². The number of nitrogens with one attached hydrogen (secondary N) is 1. The minimum absolute atomic E-state index is 0.115. The first-order chi connectivity index (χ1) is 9.06. The molecule has 1 saturated heterocycles. The van der Waals surface area contributed by atoms with Crippen molar-refractivity contribution in [1.29, 1.82) is 0 Å². The molecule has 1 fully saturated rings. The number of imide groups is 1. The Bertz CT molecular complexity index is 523. The quantitative estimate of drug-likeness (QED) is 0.334. The van der Waals surface area contributed by atoms with Crippen LogP contribution in [0, 0.1) is 10.1 Å². The molecule has 10 heteroatoms. The van der Waals surface area contributed by atoms with Crippen LogP contribution in [-0.4, -0.2) is 46.8 Å². The average molecular weight is 270 g/mol. The molecule has 102 valence electrons. The maximum absolute atomic E-state index is 11.1. The van der Waals surface area contributed by atoms with Gasteiger partial charge >= 0.3 is 11.9 Å². The fraction of sp³-hybridized carbons (Fsp3) is 0.222. The topological polar surface area (TPSA) is 138 Å². The molecule has 0 atom stereocenters. The Labute approximate surface area is 106 Å². The number of carbonyl (C=O) groups excluding carboxylic acids is 2. The number of carbonyl (C=O) groups is 2. The van der Waals surface area contributed by atoms with Crippen molar-refractivity contribution in [1.82, 2.24) is 10.3 Å². The zero-order chi connectivity index (χ0) is 14.4. The monoisotopic (exact) mass is 270 g/mol. The van der Waals surface area contributed by atoms with Crippen LogP contribution in [0.3, 0.4) is 0 Å². The number of hydrogen-bond donors (Lipinski definition) is 2. The van der Waals surface area contributed by atoms with Gasteiger partial charge in [0.05, 0.1) is 12.3 Å². The standard InChI is InChI=1S/C8H6N4O5.CH4O/c13-6-4-11(8(14)10-6)9-3-5-1-2-7(17-5)12(15)16;1-2/h1-3H,4H2,(H,10,13,14);2H,1H3/b9-3+;. The lowest BCUT2D eigenvalue weighted by atomic mass is 10.5. The molecule has 0 saturated carbocycles. The Morgan fingerprint density at radius 1 is 1.53 bits per heavy atom. The third-order valence-corrected chi connectivity index (χ3v) is 1.89. The molecule has 2 rings (SSSR count). The van der Waals surface area contributed by atoms with Crippen LogP contribution >= 0.6 is 0 Å². The molecule has 1 aliphatic heterocycles. The molecular formula is C9H10N4O6. The summed E-state index contributed by atoms with van der Waals surface area (Å²) in [6, 6.07) is 1.85. The Morgan fingerprint density at radius 2 is 2.21 bits per heavy atom. The van der Waals surface area contributed by atoms with Crippen molar-refractivity contribution in [3.05, 3.63) is 28.0 Å². The van der Waals surface area contributed by atoms with Gasteiger partial charge in [-0.3, -0.25) is 20.2 Å². The summed E-state index contributed by atoms with van der Waals surface area (Å²) in [6.45, 7) is -0.182. The van der Waals surface area contributed by atoms with Crippen molar-refractivity contribution in [2.24, 2.45) is 5.10 Å². The number of amides is 3. The van der Waals surface area contributed by atoms with Crippen LogP contribution in [-0.2, 0) is 4.79 Å².